The summed E-state index contributed by atoms with van der Waals surface area (Å²) in [5, 5.41) is 22.3. The zero-order valence-electron chi connectivity index (χ0n) is 14.1. The summed E-state index contributed by atoms with van der Waals surface area (Å²) in [5.41, 5.74) is 20.7. The normalized spacial score (nSPS) is 13.8. The first-order valence-electron chi connectivity index (χ1n) is 7.62. The van der Waals surface area contributed by atoms with Crippen LogP contribution in [0.2, 0.25) is 0 Å². The predicted octanol–water partition coefficient (Wildman–Crippen LogP) is -4.71. The summed E-state index contributed by atoms with van der Waals surface area (Å²) in [6.07, 6.45) is -0.292. The Bertz CT molecular complexity index is 549. The van der Waals surface area contributed by atoms with Crippen LogP contribution in [0.4, 0.5) is 0 Å². The summed E-state index contributed by atoms with van der Waals surface area (Å²) in [6.45, 7) is -0.481. The molecule has 0 fully saturated rings. The molecule has 0 spiro atoms. The van der Waals surface area contributed by atoms with Crippen molar-refractivity contribution in [3.8, 4) is 0 Å². The van der Waals surface area contributed by atoms with Gasteiger partial charge in [0.05, 0.1) is 13.0 Å². The second-order valence-corrected chi connectivity index (χ2v) is 5.37. The van der Waals surface area contributed by atoms with Gasteiger partial charge in [0, 0.05) is 6.54 Å². The van der Waals surface area contributed by atoms with Gasteiger partial charge in [-0.05, 0) is 12.8 Å². The molecular weight excluding hydrogens is 350 g/mol. The van der Waals surface area contributed by atoms with Crippen LogP contribution in [-0.2, 0) is 19.2 Å². The highest BCUT2D eigenvalue weighted by Gasteiger charge is 2.28. The number of nitrogens with one attached hydrogen (secondary N) is 2. The van der Waals surface area contributed by atoms with Crippen molar-refractivity contribution < 1.29 is 29.4 Å². The number of hydrogen-bond donors (Lipinski definition) is 8. The number of hydrogen-bond acceptors (Lipinski definition) is 7. The average molecular weight is 375 g/mol. The lowest BCUT2D eigenvalue weighted by Crippen LogP contribution is -2.55. The lowest BCUT2D eigenvalue weighted by molar-refractivity contribution is -0.143. The number of aliphatic hydroxyl groups is 1. The number of nitrogens with zero attached hydrogens (tertiary/aromatic N) is 1. The molecule has 13 nitrogen and oxygen atoms in total. The van der Waals surface area contributed by atoms with Crippen molar-refractivity contribution in [2.45, 2.75) is 37.4 Å². The molecule has 0 bridgehead atoms. The quantitative estimate of drug-likeness (QED) is 0.0924. The van der Waals surface area contributed by atoms with Gasteiger partial charge in [-0.2, -0.15) is 0 Å². The molecule has 0 heterocycles. The van der Waals surface area contributed by atoms with Gasteiger partial charge < -0.3 is 43.8 Å². The van der Waals surface area contributed by atoms with Crippen LogP contribution < -0.4 is 33.6 Å². The molecule has 0 radical (unpaired) electrons. The lowest BCUT2D eigenvalue weighted by atomic mass is 10.1. The number of primary amides is 1. The van der Waals surface area contributed by atoms with E-state index >= 15 is 0 Å². The van der Waals surface area contributed by atoms with Gasteiger partial charge in [-0.25, -0.2) is 4.79 Å². The number of aliphatic imine (C=N–C) groups is 1. The number of carbonyl (C=O) groups is 4. The van der Waals surface area contributed by atoms with Crippen molar-refractivity contribution in [2.24, 2.45) is 27.9 Å². The second kappa shape index (κ2) is 11.6. The minimum absolute atomic E-state index is 0.0510. The van der Waals surface area contributed by atoms with Gasteiger partial charge in [0.2, 0.25) is 17.7 Å². The zero-order chi connectivity index (χ0) is 20.3. The minimum Gasteiger partial charge on any atom is -0.480 e. The largest absolute Gasteiger partial charge is 0.480 e. The fourth-order valence-electron chi connectivity index (χ4n) is 1.81. The van der Waals surface area contributed by atoms with Gasteiger partial charge in [0.15, 0.2) is 5.96 Å². The Labute approximate surface area is 149 Å². The third-order valence-electron chi connectivity index (χ3n) is 3.13. The van der Waals surface area contributed by atoms with Crippen LogP contribution in [0.3, 0.4) is 0 Å². The number of aliphatic carboxylic acids is 1. The Morgan fingerprint density at radius 1 is 1.00 bits per heavy atom. The smallest absolute Gasteiger partial charge is 0.326 e. The topological polar surface area (TPSA) is 249 Å². The fraction of sp³-hybridized carbons (Fsp3) is 0.615. The van der Waals surface area contributed by atoms with E-state index in [1.54, 1.807) is 0 Å². The fourth-order valence-corrected chi connectivity index (χ4v) is 1.81. The van der Waals surface area contributed by atoms with E-state index in [9.17, 15) is 19.2 Å². The maximum absolute atomic E-state index is 12.3. The first-order chi connectivity index (χ1) is 12.1. The Hall–Kier alpha value is -2.93. The summed E-state index contributed by atoms with van der Waals surface area (Å²) in [4.78, 5) is 49.8. The highest BCUT2D eigenvalue weighted by atomic mass is 16.4. The summed E-state index contributed by atoms with van der Waals surface area (Å²) < 4.78 is 0. The number of carbonyl (C=O) groups excluding carboxylic acids is 3. The molecule has 0 rings (SSSR count). The molecule has 26 heavy (non-hydrogen) atoms. The Balaban J connectivity index is 5.05. The maximum atomic E-state index is 12.3. The highest BCUT2D eigenvalue weighted by Crippen LogP contribution is 2.02. The molecule has 0 aliphatic heterocycles. The van der Waals surface area contributed by atoms with Crippen molar-refractivity contribution in [3.63, 3.8) is 0 Å². The van der Waals surface area contributed by atoms with E-state index in [-0.39, 0.29) is 25.3 Å². The molecule has 148 valence electrons. The SMILES string of the molecule is NC(=O)CC(NC(=O)C(CCCN=C(N)N)NC(=O)C(N)CO)C(=O)O. The van der Waals surface area contributed by atoms with E-state index < -0.39 is 54.8 Å². The maximum Gasteiger partial charge on any atom is 0.326 e. The van der Waals surface area contributed by atoms with Crippen molar-refractivity contribution in [1.29, 1.82) is 0 Å². The molecule has 3 unspecified atom stereocenters. The summed E-state index contributed by atoms with van der Waals surface area (Å²) in [7, 11) is 0. The van der Waals surface area contributed by atoms with E-state index in [1.807, 2.05) is 0 Å². The van der Waals surface area contributed by atoms with Crippen LogP contribution in [0, 0.1) is 0 Å². The molecule has 12 N–H and O–H groups in total. The number of nitrogens with two attached hydrogens (primary N) is 4. The highest BCUT2D eigenvalue weighted by molar-refractivity contribution is 5.93. The standard InChI is InChI=1S/C13H25N7O6/c14-6(5-21)10(23)19-7(2-1-3-18-13(16)17)11(24)20-8(12(25)26)4-9(15)22/h6-8,21H,1-5,14H2,(H2,15,22)(H,19,23)(H,20,24)(H,25,26)(H4,16,17,18). The number of carboxylic acids is 1. The molecule has 0 saturated carbocycles. The third-order valence-corrected chi connectivity index (χ3v) is 3.13. The van der Waals surface area contributed by atoms with E-state index in [0.29, 0.717) is 0 Å². The van der Waals surface area contributed by atoms with Crippen LogP contribution in [-0.4, -0.2) is 71.1 Å². The predicted molar refractivity (Wildman–Crippen MR) is 90.3 cm³/mol. The Kier molecular flexibility index (Phi) is 10.3. The third kappa shape index (κ3) is 9.39. The van der Waals surface area contributed by atoms with Gasteiger partial charge in [-0.15, -0.1) is 0 Å². The van der Waals surface area contributed by atoms with Crippen molar-refractivity contribution >= 4 is 29.7 Å². The molecule has 13 heteroatoms. The number of rotatable bonds is 12. The first-order valence-corrected chi connectivity index (χ1v) is 7.62. The monoisotopic (exact) mass is 375 g/mol. The Morgan fingerprint density at radius 2 is 1.58 bits per heavy atom. The van der Waals surface area contributed by atoms with E-state index in [0.717, 1.165) is 0 Å². The van der Waals surface area contributed by atoms with Crippen LogP contribution in [0.15, 0.2) is 4.99 Å². The van der Waals surface area contributed by atoms with Gasteiger partial charge >= 0.3 is 5.97 Å². The van der Waals surface area contributed by atoms with Crippen LogP contribution >= 0.6 is 0 Å². The van der Waals surface area contributed by atoms with Gasteiger partial charge in [-0.3, -0.25) is 19.4 Å². The molecule has 3 amide bonds. The average Bonchev–Trinajstić information content (AvgIpc) is 2.54. The minimum atomic E-state index is -1.55. The number of amides is 3. The Morgan fingerprint density at radius 3 is 2.04 bits per heavy atom. The number of carboxylic acid groups (broad SMARTS) is 1. The van der Waals surface area contributed by atoms with Gasteiger partial charge in [0.1, 0.15) is 18.1 Å². The molecule has 3 atom stereocenters. The molecular formula is C13H25N7O6. The van der Waals surface area contributed by atoms with Gasteiger partial charge in [0.25, 0.3) is 0 Å². The van der Waals surface area contributed by atoms with Crippen molar-refractivity contribution in [2.75, 3.05) is 13.2 Å². The zero-order valence-corrected chi connectivity index (χ0v) is 14.1. The molecule has 0 aliphatic rings. The number of guanidine groups is 1. The van der Waals surface area contributed by atoms with E-state index in [4.69, 9.17) is 33.1 Å². The molecule has 0 aromatic carbocycles. The molecule has 0 saturated heterocycles. The molecule has 0 aromatic rings. The van der Waals surface area contributed by atoms with Crippen molar-refractivity contribution in [3.05, 3.63) is 0 Å². The summed E-state index contributed by atoms with van der Waals surface area (Å²) >= 11 is 0. The van der Waals surface area contributed by atoms with Crippen molar-refractivity contribution in [1.82, 2.24) is 10.6 Å². The van der Waals surface area contributed by atoms with Gasteiger partial charge in [-0.1, -0.05) is 0 Å². The van der Waals surface area contributed by atoms with E-state index in [1.165, 1.54) is 0 Å². The van der Waals surface area contributed by atoms with Crippen LogP contribution in [0.5, 0.6) is 0 Å². The second-order valence-electron chi connectivity index (χ2n) is 5.37. The number of aliphatic hydroxyl groups excluding tert-OH is 1. The van der Waals surface area contributed by atoms with E-state index in [2.05, 4.69) is 15.6 Å². The van der Waals surface area contributed by atoms with Crippen LogP contribution in [0.1, 0.15) is 19.3 Å². The molecule has 0 aliphatic carbocycles. The summed E-state index contributed by atoms with van der Waals surface area (Å²) in [5.74, 6) is -4.20. The lowest BCUT2D eigenvalue weighted by Gasteiger charge is -2.22. The van der Waals surface area contributed by atoms with Crippen LogP contribution in [0.25, 0.3) is 0 Å². The molecule has 0 aromatic heterocycles. The first kappa shape index (κ1) is 23.1. The summed E-state index contributed by atoms with van der Waals surface area (Å²) in [6, 6.07) is -3.99.